The molecule has 0 spiro atoms. The summed E-state index contributed by atoms with van der Waals surface area (Å²) < 4.78 is 25.1. The molecule has 6 heteroatoms. The topological polar surface area (TPSA) is 65.1 Å². The van der Waals surface area contributed by atoms with Crippen LogP contribution in [0, 0.1) is 0 Å². The lowest BCUT2D eigenvalue weighted by atomic mass is 10.2. The zero-order chi connectivity index (χ0) is 13.2. The molecule has 0 aliphatic heterocycles. The number of aryl methyl sites for hydroxylation is 1. The first-order valence-electron chi connectivity index (χ1n) is 5.72. The van der Waals surface area contributed by atoms with E-state index in [-0.39, 0.29) is 4.90 Å². The van der Waals surface area contributed by atoms with Gasteiger partial charge in [0.15, 0.2) is 0 Å². The van der Waals surface area contributed by atoms with Crippen molar-refractivity contribution < 1.29 is 8.42 Å². The Morgan fingerprint density at radius 2 is 2.06 bits per heavy atom. The van der Waals surface area contributed by atoms with Crippen molar-refractivity contribution in [3.05, 3.63) is 30.5 Å². The highest BCUT2D eigenvalue weighted by Crippen LogP contribution is 2.24. The largest absolute Gasteiger partial charge is 0.345 e. The molecule has 0 aliphatic rings. The summed E-state index contributed by atoms with van der Waals surface area (Å²) in [4.78, 5) is 0.208. The van der Waals surface area contributed by atoms with E-state index in [4.69, 9.17) is 5.14 Å². The molecule has 18 heavy (non-hydrogen) atoms. The molecule has 1 aromatic carbocycles. The maximum atomic E-state index is 11.5. The van der Waals surface area contributed by atoms with Gasteiger partial charge >= 0.3 is 0 Å². The molecule has 0 bridgehead atoms. The quantitative estimate of drug-likeness (QED) is 0.855. The maximum Gasteiger partial charge on any atom is 0.240 e. The van der Waals surface area contributed by atoms with Gasteiger partial charge in [-0.1, -0.05) is 25.1 Å². The highest BCUT2D eigenvalue weighted by Gasteiger charge is 2.16. The van der Waals surface area contributed by atoms with E-state index in [9.17, 15) is 8.42 Å². The molecule has 0 amide bonds. The lowest BCUT2D eigenvalue weighted by molar-refractivity contribution is 0.598. The van der Waals surface area contributed by atoms with Gasteiger partial charge in [-0.25, -0.2) is 13.6 Å². The average molecular weight is 284 g/mol. The third kappa shape index (κ3) is 2.71. The smallest absolute Gasteiger partial charge is 0.240 e. The molecule has 0 aliphatic carbocycles. The minimum Gasteiger partial charge on any atom is -0.345 e. The number of fused-ring (bicyclic) bond motifs is 1. The number of para-hydroxylation sites is 1. The summed E-state index contributed by atoms with van der Waals surface area (Å²) in [6.45, 7) is 2.89. The van der Waals surface area contributed by atoms with Crippen LogP contribution in [0.2, 0.25) is 0 Å². The first-order chi connectivity index (χ1) is 8.54. The molecule has 0 fully saturated rings. The third-order valence-corrected chi connectivity index (χ3v) is 4.56. The van der Waals surface area contributed by atoms with Gasteiger partial charge in [-0.05, 0) is 11.8 Å². The molecule has 2 N–H and O–H groups in total. The highest BCUT2D eigenvalue weighted by molar-refractivity contribution is 7.99. The van der Waals surface area contributed by atoms with Crippen molar-refractivity contribution in [3.8, 4) is 0 Å². The molecule has 2 aromatic rings. The molecule has 0 saturated heterocycles. The summed E-state index contributed by atoms with van der Waals surface area (Å²) >= 11 is 1.83. The van der Waals surface area contributed by atoms with E-state index in [2.05, 4.69) is 6.92 Å². The van der Waals surface area contributed by atoms with Crippen LogP contribution in [0.3, 0.4) is 0 Å². The predicted octanol–water partition coefficient (Wildman–Crippen LogP) is 2.04. The van der Waals surface area contributed by atoms with Crippen molar-refractivity contribution in [3.63, 3.8) is 0 Å². The molecule has 0 saturated carbocycles. The second kappa shape index (κ2) is 5.34. The van der Waals surface area contributed by atoms with E-state index in [1.165, 1.54) is 0 Å². The lowest BCUT2D eigenvalue weighted by Crippen LogP contribution is -2.11. The third-order valence-electron chi connectivity index (χ3n) is 2.74. The van der Waals surface area contributed by atoms with Crippen molar-refractivity contribution in [1.82, 2.24) is 4.57 Å². The molecule has 2 rings (SSSR count). The highest BCUT2D eigenvalue weighted by atomic mass is 32.2. The summed E-state index contributed by atoms with van der Waals surface area (Å²) in [7, 11) is -3.67. The summed E-state index contributed by atoms with van der Waals surface area (Å²) in [6.07, 6.45) is 1.64. The number of hydrogen-bond donors (Lipinski definition) is 1. The molecule has 0 unspecified atom stereocenters. The van der Waals surface area contributed by atoms with Gasteiger partial charge in [0.05, 0.1) is 0 Å². The van der Waals surface area contributed by atoms with Crippen molar-refractivity contribution in [2.24, 2.45) is 5.14 Å². The monoisotopic (exact) mass is 284 g/mol. The Hall–Kier alpha value is -0.980. The minimum absolute atomic E-state index is 0.208. The molecule has 0 radical (unpaired) electrons. The van der Waals surface area contributed by atoms with Crippen molar-refractivity contribution >= 4 is 32.7 Å². The number of hydrogen-bond acceptors (Lipinski definition) is 3. The first kappa shape index (κ1) is 13.5. The SMILES string of the molecule is CCSCCn1cc(S(N)(=O)=O)c2ccccc21. The van der Waals surface area contributed by atoms with Crippen LogP contribution in [-0.2, 0) is 16.6 Å². The van der Waals surface area contributed by atoms with Gasteiger partial charge in [0.2, 0.25) is 10.0 Å². The van der Waals surface area contributed by atoms with E-state index in [1.54, 1.807) is 12.3 Å². The van der Waals surface area contributed by atoms with Crippen molar-refractivity contribution in [1.29, 1.82) is 0 Å². The van der Waals surface area contributed by atoms with E-state index < -0.39 is 10.0 Å². The molecular weight excluding hydrogens is 268 g/mol. The van der Waals surface area contributed by atoms with Crippen LogP contribution in [0.15, 0.2) is 35.4 Å². The summed E-state index contributed by atoms with van der Waals surface area (Å²) in [5.41, 5.74) is 0.915. The van der Waals surface area contributed by atoms with Crippen LogP contribution in [0.25, 0.3) is 10.9 Å². The summed E-state index contributed by atoms with van der Waals surface area (Å²) in [5, 5.41) is 5.94. The minimum atomic E-state index is -3.67. The predicted molar refractivity (Wildman–Crippen MR) is 76.3 cm³/mol. The van der Waals surface area contributed by atoms with E-state index in [0.29, 0.717) is 5.39 Å². The number of primary sulfonamides is 1. The van der Waals surface area contributed by atoms with Crippen LogP contribution in [0.5, 0.6) is 0 Å². The molecule has 4 nitrogen and oxygen atoms in total. The number of rotatable bonds is 5. The van der Waals surface area contributed by atoms with Crippen molar-refractivity contribution in [2.45, 2.75) is 18.4 Å². The Labute approximate surface area is 111 Å². The van der Waals surface area contributed by atoms with Gasteiger partial charge in [-0.3, -0.25) is 0 Å². The fourth-order valence-corrected chi connectivity index (χ4v) is 3.30. The molecule has 1 aromatic heterocycles. The number of benzene rings is 1. The summed E-state index contributed by atoms with van der Waals surface area (Å²) in [5.74, 6) is 2.01. The first-order valence-corrected chi connectivity index (χ1v) is 8.42. The lowest BCUT2D eigenvalue weighted by Gasteiger charge is -2.03. The average Bonchev–Trinajstić information content (AvgIpc) is 2.69. The molecular formula is C12H16N2O2S2. The standard InChI is InChI=1S/C12H16N2O2S2/c1-2-17-8-7-14-9-12(18(13,15)16)10-5-3-4-6-11(10)14/h3-6,9H,2,7-8H2,1H3,(H2,13,15,16). The molecule has 98 valence electrons. The fraction of sp³-hybridized carbons (Fsp3) is 0.333. The van der Waals surface area contributed by atoms with Gasteiger partial charge in [0, 0.05) is 29.4 Å². The van der Waals surface area contributed by atoms with Crippen LogP contribution in [-0.4, -0.2) is 24.5 Å². The Balaban J connectivity index is 2.48. The van der Waals surface area contributed by atoms with Crippen LogP contribution in [0.1, 0.15) is 6.92 Å². The second-order valence-electron chi connectivity index (χ2n) is 3.95. The Morgan fingerprint density at radius 3 is 2.72 bits per heavy atom. The Kier molecular flexibility index (Phi) is 3.99. The number of nitrogens with zero attached hydrogens (tertiary/aromatic N) is 1. The fourth-order valence-electron chi connectivity index (χ4n) is 1.93. The van der Waals surface area contributed by atoms with Crippen molar-refractivity contribution in [2.75, 3.05) is 11.5 Å². The number of sulfonamides is 1. The Morgan fingerprint density at radius 1 is 1.33 bits per heavy atom. The number of aromatic nitrogens is 1. The van der Waals surface area contributed by atoms with Crippen LogP contribution >= 0.6 is 11.8 Å². The second-order valence-corrected chi connectivity index (χ2v) is 6.87. The number of thioether (sulfide) groups is 1. The maximum absolute atomic E-state index is 11.5. The van der Waals surface area contributed by atoms with E-state index >= 15 is 0 Å². The molecule has 0 atom stereocenters. The van der Waals surface area contributed by atoms with Crippen LogP contribution < -0.4 is 5.14 Å². The normalized spacial score (nSPS) is 12.1. The zero-order valence-electron chi connectivity index (χ0n) is 10.2. The van der Waals surface area contributed by atoms with E-state index in [0.717, 1.165) is 23.6 Å². The van der Waals surface area contributed by atoms with Gasteiger partial charge in [0.1, 0.15) is 4.90 Å². The zero-order valence-corrected chi connectivity index (χ0v) is 11.8. The van der Waals surface area contributed by atoms with Gasteiger partial charge in [0.25, 0.3) is 0 Å². The van der Waals surface area contributed by atoms with Gasteiger partial charge in [-0.2, -0.15) is 11.8 Å². The van der Waals surface area contributed by atoms with Gasteiger partial charge in [-0.15, -0.1) is 0 Å². The van der Waals surface area contributed by atoms with Crippen LogP contribution in [0.4, 0.5) is 0 Å². The van der Waals surface area contributed by atoms with E-state index in [1.807, 2.05) is 34.5 Å². The molecule has 1 heterocycles. The van der Waals surface area contributed by atoms with Gasteiger partial charge < -0.3 is 4.57 Å². The summed E-state index contributed by atoms with van der Waals surface area (Å²) in [6, 6.07) is 7.43. The number of nitrogens with two attached hydrogens (primary N) is 1. The Bertz CT molecular complexity index is 647.